The van der Waals surface area contributed by atoms with Crippen LogP contribution in [0.2, 0.25) is 0 Å². The molecule has 0 radical (unpaired) electrons. The van der Waals surface area contributed by atoms with Crippen molar-refractivity contribution in [3.8, 4) is 0 Å². The van der Waals surface area contributed by atoms with Crippen LogP contribution in [0.25, 0.3) is 0 Å². The summed E-state index contributed by atoms with van der Waals surface area (Å²) in [6.45, 7) is 1.23. The number of aromatic nitrogens is 2. The Labute approximate surface area is 128 Å². The summed E-state index contributed by atoms with van der Waals surface area (Å²) in [5, 5.41) is 22.6. The lowest BCUT2D eigenvalue weighted by atomic mass is 10.0. The van der Waals surface area contributed by atoms with E-state index in [1.165, 1.54) is 5.56 Å². The average molecular weight is 300 g/mol. The van der Waals surface area contributed by atoms with Gasteiger partial charge >= 0.3 is 0 Å². The standard InChI is InChI=1S/C16H20N4O2/c21-14-10-17-9-12(14)7-16(22)18-15-8-13(19-20-15)6-11-4-2-1-3-5-11/h1-5,8,12,14,17,21H,6-7,9-10H2,(H2,18,19,20,22)/t12-,14-/m1/s1. The number of hydrogen-bond donors (Lipinski definition) is 4. The lowest BCUT2D eigenvalue weighted by Crippen LogP contribution is -2.24. The summed E-state index contributed by atoms with van der Waals surface area (Å²) in [4.78, 5) is 12.0. The van der Waals surface area contributed by atoms with E-state index in [1.807, 2.05) is 36.4 Å². The molecule has 2 aromatic rings. The fourth-order valence-electron chi connectivity index (χ4n) is 2.69. The predicted molar refractivity (Wildman–Crippen MR) is 83.4 cm³/mol. The molecule has 0 bridgehead atoms. The lowest BCUT2D eigenvalue weighted by Gasteiger charge is -2.11. The molecule has 0 unspecified atom stereocenters. The third-order valence-electron chi connectivity index (χ3n) is 3.89. The highest BCUT2D eigenvalue weighted by molar-refractivity contribution is 5.90. The van der Waals surface area contributed by atoms with Crippen molar-refractivity contribution in [3.05, 3.63) is 47.7 Å². The molecule has 2 atom stereocenters. The van der Waals surface area contributed by atoms with Gasteiger partial charge in [0.2, 0.25) is 5.91 Å². The van der Waals surface area contributed by atoms with E-state index in [2.05, 4.69) is 20.8 Å². The topological polar surface area (TPSA) is 90.0 Å². The van der Waals surface area contributed by atoms with Gasteiger partial charge in [0.1, 0.15) is 0 Å². The molecule has 4 N–H and O–H groups in total. The minimum atomic E-state index is -0.446. The van der Waals surface area contributed by atoms with E-state index in [4.69, 9.17) is 0 Å². The second-order valence-corrected chi connectivity index (χ2v) is 5.68. The summed E-state index contributed by atoms with van der Waals surface area (Å²) in [6.07, 6.45) is 0.600. The molecule has 1 fully saturated rings. The molecule has 0 aliphatic carbocycles. The normalized spacial score (nSPS) is 21.0. The van der Waals surface area contributed by atoms with Gasteiger partial charge in [-0.2, -0.15) is 5.10 Å². The number of nitrogens with one attached hydrogen (secondary N) is 3. The van der Waals surface area contributed by atoms with Gasteiger partial charge in [-0.15, -0.1) is 0 Å². The van der Waals surface area contributed by atoms with Crippen molar-refractivity contribution in [2.75, 3.05) is 18.4 Å². The molecule has 6 heteroatoms. The second kappa shape index (κ2) is 6.72. The molecule has 0 spiro atoms. The molecule has 1 aliphatic rings. The molecule has 2 heterocycles. The first-order chi connectivity index (χ1) is 10.7. The van der Waals surface area contributed by atoms with Gasteiger partial charge in [-0.3, -0.25) is 9.89 Å². The van der Waals surface area contributed by atoms with Crippen LogP contribution >= 0.6 is 0 Å². The lowest BCUT2D eigenvalue weighted by molar-refractivity contribution is -0.117. The smallest absolute Gasteiger partial charge is 0.225 e. The summed E-state index contributed by atoms with van der Waals surface area (Å²) < 4.78 is 0. The molecule has 0 saturated carbocycles. The largest absolute Gasteiger partial charge is 0.391 e. The minimum absolute atomic E-state index is 0.0252. The zero-order valence-electron chi connectivity index (χ0n) is 12.2. The molecular formula is C16H20N4O2. The number of carbonyl (C=O) groups is 1. The summed E-state index contributed by atoms with van der Waals surface area (Å²) in [7, 11) is 0. The number of aliphatic hydroxyl groups excluding tert-OH is 1. The second-order valence-electron chi connectivity index (χ2n) is 5.68. The van der Waals surface area contributed by atoms with E-state index in [1.54, 1.807) is 0 Å². The molecule has 22 heavy (non-hydrogen) atoms. The molecule has 1 aliphatic heterocycles. The molecule has 3 rings (SSSR count). The number of amides is 1. The maximum absolute atomic E-state index is 12.0. The Bertz CT molecular complexity index is 626. The first kappa shape index (κ1) is 14.7. The summed E-state index contributed by atoms with van der Waals surface area (Å²) in [6, 6.07) is 11.9. The van der Waals surface area contributed by atoms with Crippen LogP contribution < -0.4 is 10.6 Å². The zero-order valence-corrected chi connectivity index (χ0v) is 12.2. The van der Waals surface area contributed by atoms with Crippen molar-refractivity contribution in [1.29, 1.82) is 0 Å². The number of benzene rings is 1. The van der Waals surface area contributed by atoms with Crippen LogP contribution in [0.15, 0.2) is 36.4 Å². The predicted octanol–water partition coefficient (Wildman–Crippen LogP) is 0.909. The van der Waals surface area contributed by atoms with Gasteiger partial charge in [-0.1, -0.05) is 30.3 Å². The monoisotopic (exact) mass is 300 g/mol. The fraction of sp³-hybridized carbons (Fsp3) is 0.375. The van der Waals surface area contributed by atoms with E-state index >= 15 is 0 Å². The maximum atomic E-state index is 12.0. The van der Waals surface area contributed by atoms with Crippen molar-refractivity contribution < 1.29 is 9.90 Å². The maximum Gasteiger partial charge on any atom is 0.225 e. The molecule has 6 nitrogen and oxygen atoms in total. The van der Waals surface area contributed by atoms with Gasteiger partial charge in [-0.25, -0.2) is 0 Å². The zero-order chi connectivity index (χ0) is 15.4. The van der Waals surface area contributed by atoms with Gasteiger partial charge in [0.15, 0.2) is 5.82 Å². The van der Waals surface area contributed by atoms with Gasteiger partial charge in [0.05, 0.1) is 6.10 Å². The van der Waals surface area contributed by atoms with Crippen LogP contribution in [0.5, 0.6) is 0 Å². The molecule has 116 valence electrons. The van der Waals surface area contributed by atoms with Crippen molar-refractivity contribution in [3.63, 3.8) is 0 Å². The summed E-state index contributed by atoms with van der Waals surface area (Å²) in [5.74, 6) is 0.379. The van der Waals surface area contributed by atoms with Crippen LogP contribution in [0.1, 0.15) is 17.7 Å². The van der Waals surface area contributed by atoms with Gasteiger partial charge in [-0.05, 0) is 5.56 Å². The van der Waals surface area contributed by atoms with Gasteiger partial charge in [0, 0.05) is 43.6 Å². The quantitative estimate of drug-likeness (QED) is 0.661. The number of rotatable bonds is 5. The summed E-state index contributed by atoms with van der Waals surface area (Å²) in [5.41, 5.74) is 2.13. The van der Waals surface area contributed by atoms with E-state index in [0.29, 0.717) is 25.3 Å². The van der Waals surface area contributed by atoms with Crippen molar-refractivity contribution in [1.82, 2.24) is 15.5 Å². The first-order valence-electron chi connectivity index (χ1n) is 7.47. The van der Waals surface area contributed by atoms with Crippen molar-refractivity contribution >= 4 is 11.7 Å². The third kappa shape index (κ3) is 3.72. The molecule has 1 saturated heterocycles. The SMILES string of the molecule is O=C(C[C@@H]1CNC[C@H]1O)Nc1cc(Cc2ccccc2)[nH]n1. The number of carbonyl (C=O) groups excluding carboxylic acids is 1. The fourth-order valence-corrected chi connectivity index (χ4v) is 2.69. The number of anilines is 1. The highest BCUT2D eigenvalue weighted by atomic mass is 16.3. The Morgan fingerprint density at radius 3 is 2.86 bits per heavy atom. The average Bonchev–Trinajstić information content (AvgIpc) is 3.10. The van der Waals surface area contributed by atoms with Crippen molar-refractivity contribution in [2.24, 2.45) is 5.92 Å². The Kier molecular flexibility index (Phi) is 4.50. The van der Waals surface area contributed by atoms with Crippen LogP contribution in [-0.4, -0.2) is 40.4 Å². The molecule has 1 aromatic heterocycles. The van der Waals surface area contributed by atoms with E-state index < -0.39 is 6.10 Å². The Hall–Kier alpha value is -2.18. The molecular weight excluding hydrogens is 280 g/mol. The van der Waals surface area contributed by atoms with Crippen molar-refractivity contribution in [2.45, 2.75) is 18.9 Å². The van der Waals surface area contributed by atoms with Gasteiger partial charge < -0.3 is 15.7 Å². The van der Waals surface area contributed by atoms with Crippen LogP contribution in [0.4, 0.5) is 5.82 Å². The van der Waals surface area contributed by atoms with E-state index in [-0.39, 0.29) is 11.8 Å². The van der Waals surface area contributed by atoms with E-state index in [0.717, 1.165) is 12.1 Å². The summed E-state index contributed by atoms with van der Waals surface area (Å²) >= 11 is 0. The number of aromatic amines is 1. The number of aliphatic hydroxyl groups is 1. The number of nitrogens with zero attached hydrogens (tertiary/aromatic N) is 1. The van der Waals surface area contributed by atoms with E-state index in [9.17, 15) is 9.90 Å². The third-order valence-corrected chi connectivity index (χ3v) is 3.89. The molecule has 1 amide bonds. The van der Waals surface area contributed by atoms with Crippen LogP contribution in [-0.2, 0) is 11.2 Å². The Morgan fingerprint density at radius 1 is 1.32 bits per heavy atom. The number of β-amino-alcohol motifs (C(OH)–C–C–N with tert-alkyl or cyclic N) is 1. The minimum Gasteiger partial charge on any atom is -0.391 e. The first-order valence-corrected chi connectivity index (χ1v) is 7.47. The molecule has 1 aromatic carbocycles. The number of hydrogen-bond acceptors (Lipinski definition) is 4. The number of H-pyrrole nitrogens is 1. The Morgan fingerprint density at radius 2 is 2.14 bits per heavy atom. The highest BCUT2D eigenvalue weighted by Crippen LogP contribution is 2.15. The highest BCUT2D eigenvalue weighted by Gasteiger charge is 2.27. The van der Waals surface area contributed by atoms with Crippen LogP contribution in [0.3, 0.4) is 0 Å². The Balaban J connectivity index is 1.54. The van der Waals surface area contributed by atoms with Gasteiger partial charge in [0.25, 0.3) is 0 Å². The van der Waals surface area contributed by atoms with Crippen LogP contribution in [0, 0.1) is 5.92 Å².